The molecule has 0 saturated carbocycles. The quantitative estimate of drug-likeness (QED) is 0.607. The van der Waals surface area contributed by atoms with Crippen LogP contribution in [0.25, 0.3) is 5.70 Å². The van der Waals surface area contributed by atoms with Crippen LogP contribution in [0, 0.1) is 11.6 Å². The van der Waals surface area contributed by atoms with E-state index in [1.807, 2.05) is 20.8 Å². The molecule has 182 valence electrons. The van der Waals surface area contributed by atoms with Crippen molar-refractivity contribution in [2.75, 3.05) is 13.1 Å². The first kappa shape index (κ1) is 24.3. The van der Waals surface area contributed by atoms with E-state index < -0.39 is 27.8 Å². The summed E-state index contributed by atoms with van der Waals surface area (Å²) in [4.78, 5) is 14.6. The van der Waals surface area contributed by atoms with Crippen LogP contribution in [0.4, 0.5) is 8.78 Å². The van der Waals surface area contributed by atoms with E-state index in [9.17, 15) is 22.0 Å². The molecule has 0 spiro atoms. The molecule has 6 nitrogen and oxygen atoms in total. The second-order valence-corrected chi connectivity index (χ2v) is 10.7. The van der Waals surface area contributed by atoms with Crippen LogP contribution in [0.15, 0.2) is 53.4 Å². The zero-order valence-electron chi connectivity index (χ0n) is 19.5. The summed E-state index contributed by atoms with van der Waals surface area (Å²) in [6.45, 7) is 6.62. The zero-order chi connectivity index (χ0) is 24.6. The second-order valence-electron chi connectivity index (χ2n) is 8.75. The smallest absolute Gasteiger partial charge is 0.250 e. The van der Waals surface area contributed by atoms with Crippen molar-refractivity contribution in [2.45, 2.75) is 56.6 Å². The Kier molecular flexibility index (Phi) is 6.78. The Morgan fingerprint density at radius 1 is 1.03 bits per heavy atom. The van der Waals surface area contributed by atoms with Gasteiger partial charge in [-0.2, -0.15) is 4.31 Å². The van der Waals surface area contributed by atoms with Gasteiger partial charge in [0.2, 0.25) is 10.0 Å². The lowest BCUT2D eigenvalue weighted by Gasteiger charge is -2.56. The Morgan fingerprint density at radius 2 is 1.68 bits per heavy atom. The normalized spacial score (nSPS) is 22.2. The van der Waals surface area contributed by atoms with Crippen molar-refractivity contribution in [1.29, 1.82) is 0 Å². The van der Waals surface area contributed by atoms with Crippen LogP contribution in [0.2, 0.25) is 0 Å². The molecule has 2 aromatic carbocycles. The fourth-order valence-electron chi connectivity index (χ4n) is 4.83. The van der Waals surface area contributed by atoms with E-state index in [4.69, 9.17) is 0 Å². The minimum Gasteiger partial charge on any atom is -0.364 e. The molecule has 9 heteroatoms. The molecule has 2 aromatic rings. The molecule has 0 aliphatic carbocycles. The fourth-order valence-corrected chi connectivity index (χ4v) is 6.46. The van der Waals surface area contributed by atoms with E-state index in [1.54, 1.807) is 29.2 Å². The van der Waals surface area contributed by atoms with Gasteiger partial charge in [0.25, 0.3) is 5.91 Å². The molecule has 34 heavy (non-hydrogen) atoms. The third-order valence-electron chi connectivity index (χ3n) is 6.49. The Hall–Kier alpha value is -2.78. The van der Waals surface area contributed by atoms with Crippen molar-refractivity contribution in [1.82, 2.24) is 14.5 Å². The Morgan fingerprint density at radius 3 is 2.26 bits per heavy atom. The summed E-state index contributed by atoms with van der Waals surface area (Å²) in [5, 5.41) is 3.29. The van der Waals surface area contributed by atoms with Gasteiger partial charge in [0, 0.05) is 42.9 Å². The zero-order valence-corrected chi connectivity index (χ0v) is 20.3. The lowest BCUT2D eigenvalue weighted by atomic mass is 9.78. The number of carbonyl (C=O) groups is 1. The fraction of sp³-hybridized carbons (Fsp3) is 0.400. The molecule has 2 heterocycles. The number of benzene rings is 2. The van der Waals surface area contributed by atoms with E-state index >= 15 is 0 Å². The lowest BCUT2D eigenvalue weighted by molar-refractivity contribution is -0.143. The number of rotatable bonds is 8. The van der Waals surface area contributed by atoms with Crippen molar-refractivity contribution in [2.24, 2.45) is 0 Å². The summed E-state index contributed by atoms with van der Waals surface area (Å²) < 4.78 is 55.4. The van der Waals surface area contributed by atoms with Crippen LogP contribution in [0.5, 0.6) is 0 Å². The van der Waals surface area contributed by atoms with Crippen LogP contribution in [-0.4, -0.2) is 48.8 Å². The van der Waals surface area contributed by atoms with Gasteiger partial charge in [0.05, 0.1) is 4.90 Å². The Balaban J connectivity index is 1.58. The molecule has 1 N–H and O–H groups in total. The second kappa shape index (κ2) is 9.46. The number of halogens is 2. The van der Waals surface area contributed by atoms with Crippen molar-refractivity contribution in [3.63, 3.8) is 0 Å². The predicted octanol–water partition coefficient (Wildman–Crippen LogP) is 4.06. The molecule has 1 saturated heterocycles. The molecule has 2 aliphatic heterocycles. The van der Waals surface area contributed by atoms with Gasteiger partial charge in [-0.1, -0.05) is 32.0 Å². The summed E-state index contributed by atoms with van der Waals surface area (Å²) in [6, 6.07) is 9.66. The summed E-state index contributed by atoms with van der Waals surface area (Å²) in [5.74, 6) is -1.84. The standard InChI is InChI=1S/C25H29F2N3O3S/c1-4-12-29(13-5-2)34(32,33)19-9-6-17(7-10-19)22-15-23(31)30-16(3)24(25(30)28-22)20-11-8-18(26)14-21(20)27/h6-11,14-16,24-25,28H,4-5,12-13H2,1-3H3. The number of hydrogen-bond donors (Lipinski definition) is 1. The molecule has 3 atom stereocenters. The summed E-state index contributed by atoms with van der Waals surface area (Å²) >= 11 is 0. The monoisotopic (exact) mass is 489 g/mol. The van der Waals surface area contributed by atoms with E-state index in [-0.39, 0.29) is 22.8 Å². The van der Waals surface area contributed by atoms with Gasteiger partial charge < -0.3 is 10.2 Å². The van der Waals surface area contributed by atoms with Gasteiger partial charge in [-0.05, 0) is 49.1 Å². The van der Waals surface area contributed by atoms with Crippen LogP contribution in [0.3, 0.4) is 0 Å². The number of amides is 1. The molecule has 0 aromatic heterocycles. The van der Waals surface area contributed by atoms with E-state index in [2.05, 4.69) is 5.32 Å². The first-order chi connectivity index (χ1) is 16.2. The number of fused-ring (bicyclic) bond motifs is 1. The van der Waals surface area contributed by atoms with E-state index in [1.165, 1.54) is 22.5 Å². The number of nitrogens with zero attached hydrogens (tertiary/aromatic N) is 2. The van der Waals surface area contributed by atoms with E-state index in [0.29, 0.717) is 29.9 Å². The first-order valence-electron chi connectivity index (χ1n) is 11.5. The first-order valence-corrected chi connectivity index (χ1v) is 13.0. The average Bonchev–Trinajstić information content (AvgIpc) is 2.80. The topological polar surface area (TPSA) is 69.7 Å². The van der Waals surface area contributed by atoms with Crippen molar-refractivity contribution < 1.29 is 22.0 Å². The van der Waals surface area contributed by atoms with Gasteiger partial charge in [0.15, 0.2) is 0 Å². The summed E-state index contributed by atoms with van der Waals surface area (Å²) in [6.07, 6.45) is 2.44. The maximum absolute atomic E-state index is 14.5. The molecule has 3 unspecified atom stereocenters. The SMILES string of the molecule is CCCN(CCC)S(=O)(=O)c1ccc(C2=CC(=O)N3C(C)C(c4ccc(F)cc4F)C3N2)cc1. The van der Waals surface area contributed by atoms with Crippen LogP contribution >= 0.6 is 0 Å². The highest BCUT2D eigenvalue weighted by atomic mass is 32.2. The molecule has 4 rings (SSSR count). The number of carbonyl (C=O) groups excluding carboxylic acids is 1. The van der Waals surface area contributed by atoms with Crippen molar-refractivity contribution in [3.05, 3.63) is 71.3 Å². The lowest BCUT2D eigenvalue weighted by Crippen LogP contribution is -2.69. The van der Waals surface area contributed by atoms with Crippen LogP contribution in [-0.2, 0) is 14.8 Å². The number of hydrogen-bond acceptors (Lipinski definition) is 4. The van der Waals surface area contributed by atoms with Gasteiger partial charge in [-0.3, -0.25) is 4.79 Å². The molecule has 1 fully saturated rings. The third-order valence-corrected chi connectivity index (χ3v) is 8.41. The van der Waals surface area contributed by atoms with Crippen LogP contribution in [0.1, 0.15) is 50.7 Å². The number of nitrogens with one attached hydrogen (secondary N) is 1. The minimum absolute atomic E-state index is 0.200. The van der Waals surface area contributed by atoms with Gasteiger partial charge in [0.1, 0.15) is 17.8 Å². The minimum atomic E-state index is -3.61. The molecular weight excluding hydrogens is 460 g/mol. The molecule has 1 amide bonds. The Labute approximate surface area is 199 Å². The van der Waals surface area contributed by atoms with Gasteiger partial charge >= 0.3 is 0 Å². The predicted molar refractivity (Wildman–Crippen MR) is 126 cm³/mol. The van der Waals surface area contributed by atoms with Crippen molar-refractivity contribution in [3.8, 4) is 0 Å². The van der Waals surface area contributed by atoms with Gasteiger partial charge in [-0.25, -0.2) is 17.2 Å². The molecular formula is C25H29F2N3O3S. The van der Waals surface area contributed by atoms with Crippen molar-refractivity contribution >= 4 is 21.6 Å². The molecule has 0 radical (unpaired) electrons. The number of sulfonamides is 1. The summed E-state index contributed by atoms with van der Waals surface area (Å²) in [7, 11) is -3.61. The maximum atomic E-state index is 14.5. The highest BCUT2D eigenvalue weighted by molar-refractivity contribution is 7.89. The van der Waals surface area contributed by atoms with Gasteiger partial charge in [-0.15, -0.1) is 0 Å². The highest BCUT2D eigenvalue weighted by Crippen LogP contribution is 2.43. The van der Waals surface area contributed by atoms with E-state index in [0.717, 1.165) is 18.9 Å². The Bertz CT molecular complexity index is 1210. The third kappa shape index (κ3) is 4.22. The highest BCUT2D eigenvalue weighted by Gasteiger charge is 2.51. The summed E-state index contributed by atoms with van der Waals surface area (Å²) in [5.41, 5.74) is 1.54. The van der Waals surface area contributed by atoms with Crippen LogP contribution < -0.4 is 5.32 Å². The maximum Gasteiger partial charge on any atom is 0.250 e. The average molecular weight is 490 g/mol. The molecule has 2 aliphatic rings. The molecule has 0 bridgehead atoms. The largest absolute Gasteiger partial charge is 0.364 e.